The predicted molar refractivity (Wildman–Crippen MR) is 84.0 cm³/mol. The largest absolute Gasteiger partial charge is 0.497 e. The number of hydrogen-bond acceptors (Lipinski definition) is 3. The van der Waals surface area contributed by atoms with Crippen LogP contribution >= 0.6 is 15.9 Å². The highest BCUT2D eigenvalue weighted by molar-refractivity contribution is 9.10. The molecular formula is C16H17BrFNO2. The van der Waals surface area contributed by atoms with Crippen LogP contribution in [0.4, 0.5) is 4.39 Å². The van der Waals surface area contributed by atoms with Crippen molar-refractivity contribution in [3.8, 4) is 11.5 Å². The lowest BCUT2D eigenvalue weighted by Crippen LogP contribution is -2.08. The van der Waals surface area contributed by atoms with Crippen LogP contribution in [-0.4, -0.2) is 7.11 Å². The maximum absolute atomic E-state index is 13.3. The van der Waals surface area contributed by atoms with Gasteiger partial charge in [0, 0.05) is 21.6 Å². The van der Waals surface area contributed by atoms with E-state index in [9.17, 15) is 4.39 Å². The summed E-state index contributed by atoms with van der Waals surface area (Å²) in [6.45, 7) is 2.13. The first-order chi connectivity index (χ1) is 10.0. The summed E-state index contributed by atoms with van der Waals surface area (Å²) in [7, 11) is 1.61. The molecule has 2 aromatic carbocycles. The Morgan fingerprint density at radius 1 is 1.24 bits per heavy atom. The van der Waals surface area contributed by atoms with Gasteiger partial charge >= 0.3 is 0 Å². The van der Waals surface area contributed by atoms with Crippen molar-refractivity contribution >= 4 is 15.9 Å². The zero-order valence-corrected chi connectivity index (χ0v) is 13.5. The Kier molecular flexibility index (Phi) is 5.20. The van der Waals surface area contributed by atoms with E-state index in [-0.39, 0.29) is 11.9 Å². The number of hydrogen-bond donors (Lipinski definition) is 1. The predicted octanol–water partition coefficient (Wildman–Crippen LogP) is 4.20. The van der Waals surface area contributed by atoms with Gasteiger partial charge in [-0.3, -0.25) is 0 Å². The molecule has 0 bridgehead atoms. The Labute approximate surface area is 132 Å². The van der Waals surface area contributed by atoms with E-state index in [1.54, 1.807) is 20.1 Å². The van der Waals surface area contributed by atoms with E-state index in [1.807, 2.05) is 18.2 Å². The van der Waals surface area contributed by atoms with E-state index < -0.39 is 0 Å². The molecule has 0 aliphatic carbocycles. The van der Waals surface area contributed by atoms with Gasteiger partial charge in [0.1, 0.15) is 23.9 Å². The maximum Gasteiger partial charge on any atom is 0.124 e. The first kappa shape index (κ1) is 15.8. The minimum atomic E-state index is -0.322. The zero-order chi connectivity index (χ0) is 15.4. The monoisotopic (exact) mass is 353 g/mol. The normalized spacial score (nSPS) is 12.0. The third kappa shape index (κ3) is 3.95. The van der Waals surface area contributed by atoms with Gasteiger partial charge < -0.3 is 15.2 Å². The van der Waals surface area contributed by atoms with Crippen LogP contribution in [0.3, 0.4) is 0 Å². The Morgan fingerprint density at radius 3 is 2.67 bits per heavy atom. The van der Waals surface area contributed by atoms with E-state index in [0.29, 0.717) is 17.9 Å². The molecule has 21 heavy (non-hydrogen) atoms. The van der Waals surface area contributed by atoms with Crippen molar-refractivity contribution in [2.24, 2.45) is 5.73 Å². The number of benzene rings is 2. The highest BCUT2D eigenvalue weighted by Gasteiger charge is 2.11. The first-order valence-corrected chi connectivity index (χ1v) is 7.31. The summed E-state index contributed by atoms with van der Waals surface area (Å²) in [5, 5.41) is 0. The first-order valence-electron chi connectivity index (χ1n) is 6.51. The molecule has 2 N–H and O–H groups in total. The molecule has 0 amide bonds. The molecular weight excluding hydrogens is 337 g/mol. The van der Waals surface area contributed by atoms with Gasteiger partial charge in [0.2, 0.25) is 0 Å². The molecule has 0 heterocycles. The summed E-state index contributed by atoms with van der Waals surface area (Å²) in [6.07, 6.45) is 0. The lowest BCUT2D eigenvalue weighted by molar-refractivity contribution is 0.299. The molecule has 0 saturated carbocycles. The van der Waals surface area contributed by atoms with Crippen molar-refractivity contribution in [3.05, 3.63) is 57.8 Å². The molecule has 0 saturated heterocycles. The molecule has 5 heteroatoms. The highest BCUT2D eigenvalue weighted by Crippen LogP contribution is 2.28. The fraction of sp³-hybridized carbons (Fsp3) is 0.250. The number of halogens is 2. The van der Waals surface area contributed by atoms with Crippen LogP contribution in [0.25, 0.3) is 0 Å². The van der Waals surface area contributed by atoms with Crippen molar-refractivity contribution < 1.29 is 13.9 Å². The zero-order valence-electron chi connectivity index (χ0n) is 11.9. The van der Waals surface area contributed by atoms with E-state index in [2.05, 4.69) is 15.9 Å². The molecule has 3 nitrogen and oxygen atoms in total. The van der Waals surface area contributed by atoms with Gasteiger partial charge in [0.25, 0.3) is 0 Å². The van der Waals surface area contributed by atoms with Gasteiger partial charge in [-0.1, -0.05) is 15.9 Å². The standard InChI is InChI=1S/C16H17BrFNO2/c1-10(19)14-8-12(18)3-6-16(14)21-9-11-7-13(20-2)4-5-15(11)17/h3-8,10H,9,19H2,1-2H3. The second-order valence-electron chi connectivity index (χ2n) is 4.72. The van der Waals surface area contributed by atoms with Crippen molar-refractivity contribution in [2.45, 2.75) is 19.6 Å². The Morgan fingerprint density at radius 2 is 2.00 bits per heavy atom. The topological polar surface area (TPSA) is 44.5 Å². The highest BCUT2D eigenvalue weighted by atomic mass is 79.9. The minimum Gasteiger partial charge on any atom is -0.497 e. The van der Waals surface area contributed by atoms with Crippen LogP contribution in [0.1, 0.15) is 24.1 Å². The molecule has 1 atom stereocenters. The molecule has 0 radical (unpaired) electrons. The Hall–Kier alpha value is -1.59. The van der Waals surface area contributed by atoms with Crippen LogP contribution in [0.2, 0.25) is 0 Å². The van der Waals surface area contributed by atoms with Crippen LogP contribution in [0.15, 0.2) is 40.9 Å². The summed E-state index contributed by atoms with van der Waals surface area (Å²) in [6, 6.07) is 9.71. The molecule has 0 aliphatic rings. The van der Waals surface area contributed by atoms with Gasteiger partial charge in [-0.2, -0.15) is 0 Å². The average molecular weight is 354 g/mol. The summed E-state index contributed by atoms with van der Waals surface area (Å²) in [5.41, 5.74) is 7.44. The van der Waals surface area contributed by atoms with Crippen LogP contribution in [0.5, 0.6) is 11.5 Å². The van der Waals surface area contributed by atoms with Gasteiger partial charge in [0.15, 0.2) is 0 Å². The van der Waals surface area contributed by atoms with Gasteiger partial charge in [-0.25, -0.2) is 4.39 Å². The minimum absolute atomic E-state index is 0.301. The second kappa shape index (κ2) is 6.91. The number of rotatable bonds is 5. The quantitative estimate of drug-likeness (QED) is 0.876. The Balaban J connectivity index is 2.20. The molecule has 0 aromatic heterocycles. The number of ether oxygens (including phenoxy) is 2. The van der Waals surface area contributed by atoms with Crippen molar-refractivity contribution in [1.29, 1.82) is 0 Å². The third-order valence-corrected chi connectivity index (χ3v) is 3.87. The van der Waals surface area contributed by atoms with E-state index in [4.69, 9.17) is 15.2 Å². The SMILES string of the molecule is COc1ccc(Br)c(COc2ccc(F)cc2C(C)N)c1. The fourth-order valence-corrected chi connectivity index (χ4v) is 2.31. The van der Waals surface area contributed by atoms with Gasteiger partial charge in [-0.05, 0) is 43.3 Å². The van der Waals surface area contributed by atoms with Crippen molar-refractivity contribution in [3.63, 3.8) is 0 Å². The summed E-state index contributed by atoms with van der Waals surface area (Å²) in [5.74, 6) is 1.02. The summed E-state index contributed by atoms with van der Waals surface area (Å²) >= 11 is 3.47. The maximum atomic E-state index is 13.3. The molecule has 2 aromatic rings. The number of methoxy groups -OCH3 is 1. The summed E-state index contributed by atoms with van der Waals surface area (Å²) < 4.78 is 25.2. The molecule has 1 unspecified atom stereocenters. The van der Waals surface area contributed by atoms with Gasteiger partial charge in [0.05, 0.1) is 7.11 Å². The van der Waals surface area contributed by atoms with E-state index >= 15 is 0 Å². The van der Waals surface area contributed by atoms with E-state index in [1.165, 1.54) is 12.1 Å². The number of nitrogens with two attached hydrogens (primary N) is 1. The summed E-state index contributed by atoms with van der Waals surface area (Å²) in [4.78, 5) is 0. The van der Waals surface area contributed by atoms with Crippen LogP contribution in [-0.2, 0) is 6.61 Å². The Bertz CT molecular complexity index is 632. The average Bonchev–Trinajstić information content (AvgIpc) is 2.47. The van der Waals surface area contributed by atoms with E-state index in [0.717, 1.165) is 15.8 Å². The van der Waals surface area contributed by atoms with Crippen LogP contribution < -0.4 is 15.2 Å². The lowest BCUT2D eigenvalue weighted by atomic mass is 10.1. The van der Waals surface area contributed by atoms with Gasteiger partial charge in [-0.15, -0.1) is 0 Å². The second-order valence-corrected chi connectivity index (χ2v) is 5.57. The fourth-order valence-electron chi connectivity index (χ4n) is 1.95. The molecule has 112 valence electrons. The molecule has 0 spiro atoms. The molecule has 0 fully saturated rings. The molecule has 0 aliphatic heterocycles. The lowest BCUT2D eigenvalue weighted by Gasteiger charge is -2.15. The van der Waals surface area contributed by atoms with Crippen molar-refractivity contribution in [2.75, 3.05) is 7.11 Å². The smallest absolute Gasteiger partial charge is 0.124 e. The molecule has 2 rings (SSSR count). The van der Waals surface area contributed by atoms with Crippen LogP contribution in [0, 0.1) is 5.82 Å². The van der Waals surface area contributed by atoms with Crippen molar-refractivity contribution in [1.82, 2.24) is 0 Å². The third-order valence-electron chi connectivity index (χ3n) is 3.10.